The van der Waals surface area contributed by atoms with E-state index in [1.165, 1.54) is 5.56 Å². The highest BCUT2D eigenvalue weighted by Gasteiger charge is 2.16. The maximum absolute atomic E-state index is 8.91. The molecule has 3 nitrogen and oxygen atoms in total. The summed E-state index contributed by atoms with van der Waals surface area (Å²) >= 11 is 0. The lowest BCUT2D eigenvalue weighted by atomic mass is 10.0. The summed E-state index contributed by atoms with van der Waals surface area (Å²) in [5.41, 5.74) is 2.23. The van der Waals surface area contributed by atoms with Crippen molar-refractivity contribution in [3.8, 4) is 11.9 Å². The molecule has 1 aromatic rings. The van der Waals surface area contributed by atoms with Crippen LogP contribution in [0.3, 0.4) is 0 Å². The van der Waals surface area contributed by atoms with Gasteiger partial charge in [0.1, 0.15) is 5.75 Å². The highest BCUT2D eigenvalue weighted by molar-refractivity contribution is 5.60. The third kappa shape index (κ3) is 1.39. The van der Waals surface area contributed by atoms with Crippen molar-refractivity contribution in [1.82, 2.24) is 0 Å². The first-order valence-electron chi connectivity index (χ1n) is 4.69. The Labute approximate surface area is 83.5 Å². The van der Waals surface area contributed by atoms with E-state index in [0.29, 0.717) is 0 Å². The molecule has 0 spiro atoms. The number of rotatable bonds is 1. The van der Waals surface area contributed by atoms with Crippen LogP contribution >= 0.6 is 0 Å². The summed E-state index contributed by atoms with van der Waals surface area (Å²) in [6.45, 7) is 0.829. The maximum Gasteiger partial charge on any atom is 0.184 e. The minimum absolute atomic E-state index is 0.829. The SMILES string of the molecule is COc1ccc2c(c1)CCCN2C#N. The van der Waals surface area contributed by atoms with E-state index in [9.17, 15) is 0 Å². The van der Waals surface area contributed by atoms with E-state index in [1.54, 1.807) is 12.0 Å². The van der Waals surface area contributed by atoms with Gasteiger partial charge in [0.15, 0.2) is 6.19 Å². The lowest BCUT2D eigenvalue weighted by Gasteiger charge is -2.24. The number of aryl methyl sites for hydroxylation is 1. The molecule has 0 bridgehead atoms. The van der Waals surface area contributed by atoms with Crippen LogP contribution in [0.4, 0.5) is 5.69 Å². The topological polar surface area (TPSA) is 36.3 Å². The van der Waals surface area contributed by atoms with Crippen molar-refractivity contribution in [1.29, 1.82) is 5.26 Å². The zero-order valence-electron chi connectivity index (χ0n) is 8.16. The monoisotopic (exact) mass is 188 g/mol. The summed E-state index contributed by atoms with van der Waals surface area (Å²) in [5.74, 6) is 0.864. The van der Waals surface area contributed by atoms with Gasteiger partial charge in [-0.15, -0.1) is 0 Å². The first-order valence-corrected chi connectivity index (χ1v) is 4.69. The fraction of sp³-hybridized carbons (Fsp3) is 0.364. The van der Waals surface area contributed by atoms with Crippen LogP contribution < -0.4 is 9.64 Å². The Bertz CT molecular complexity index is 381. The van der Waals surface area contributed by atoms with Gasteiger partial charge in [-0.3, -0.25) is 4.90 Å². The zero-order chi connectivity index (χ0) is 9.97. The van der Waals surface area contributed by atoms with E-state index in [0.717, 1.165) is 30.8 Å². The molecular weight excluding hydrogens is 176 g/mol. The van der Waals surface area contributed by atoms with Crippen LogP contribution in [0, 0.1) is 11.5 Å². The molecule has 2 rings (SSSR count). The average Bonchev–Trinajstić information content (AvgIpc) is 2.27. The minimum Gasteiger partial charge on any atom is -0.497 e. The third-order valence-corrected chi connectivity index (χ3v) is 2.53. The molecule has 0 saturated carbocycles. The van der Waals surface area contributed by atoms with Gasteiger partial charge in [-0.2, -0.15) is 5.26 Å². The summed E-state index contributed by atoms with van der Waals surface area (Å²) < 4.78 is 5.15. The van der Waals surface area contributed by atoms with E-state index >= 15 is 0 Å². The van der Waals surface area contributed by atoms with Crippen LogP contribution in [0.2, 0.25) is 0 Å². The molecule has 1 aromatic carbocycles. The van der Waals surface area contributed by atoms with Crippen molar-refractivity contribution in [3.05, 3.63) is 23.8 Å². The molecule has 0 radical (unpaired) electrons. The summed E-state index contributed by atoms with van der Waals surface area (Å²) in [7, 11) is 1.66. The Morgan fingerprint density at radius 2 is 2.36 bits per heavy atom. The van der Waals surface area contributed by atoms with E-state index in [1.807, 2.05) is 18.2 Å². The number of nitrogens with zero attached hydrogens (tertiary/aromatic N) is 2. The van der Waals surface area contributed by atoms with E-state index in [2.05, 4.69) is 6.19 Å². The molecule has 3 heteroatoms. The first-order chi connectivity index (χ1) is 6.85. The molecule has 0 saturated heterocycles. The first kappa shape index (κ1) is 8.89. The minimum atomic E-state index is 0.829. The molecular formula is C11H12N2O. The van der Waals surface area contributed by atoms with Crippen LogP contribution in [-0.4, -0.2) is 13.7 Å². The van der Waals surface area contributed by atoms with Gasteiger partial charge in [0.2, 0.25) is 0 Å². The van der Waals surface area contributed by atoms with Crippen LogP contribution in [0.1, 0.15) is 12.0 Å². The standard InChI is InChI=1S/C11H12N2O/c1-14-10-4-5-11-9(7-10)3-2-6-13(11)8-12/h4-5,7H,2-3,6H2,1H3. The molecule has 14 heavy (non-hydrogen) atoms. The average molecular weight is 188 g/mol. The highest BCUT2D eigenvalue weighted by atomic mass is 16.5. The molecule has 1 aliphatic rings. The third-order valence-electron chi connectivity index (χ3n) is 2.53. The van der Waals surface area contributed by atoms with Crippen LogP contribution in [0.25, 0.3) is 0 Å². The predicted molar refractivity (Wildman–Crippen MR) is 54.3 cm³/mol. The number of methoxy groups -OCH3 is 1. The smallest absolute Gasteiger partial charge is 0.184 e. The number of hydrogen-bond acceptors (Lipinski definition) is 3. The molecule has 0 fully saturated rings. The van der Waals surface area contributed by atoms with Gasteiger partial charge in [0.05, 0.1) is 12.8 Å². The largest absolute Gasteiger partial charge is 0.497 e. The van der Waals surface area contributed by atoms with Crippen molar-refractivity contribution in [2.24, 2.45) is 0 Å². The number of ether oxygens (including phenoxy) is 1. The molecule has 1 aliphatic heterocycles. The van der Waals surface area contributed by atoms with Crippen LogP contribution in [0.15, 0.2) is 18.2 Å². The molecule has 0 unspecified atom stereocenters. The maximum atomic E-state index is 8.91. The summed E-state index contributed by atoms with van der Waals surface area (Å²) in [5, 5.41) is 8.91. The lowest BCUT2D eigenvalue weighted by molar-refractivity contribution is 0.414. The fourth-order valence-electron chi connectivity index (χ4n) is 1.80. The summed E-state index contributed by atoms with van der Waals surface area (Å²) in [6.07, 6.45) is 4.26. The Kier molecular flexibility index (Phi) is 2.28. The van der Waals surface area contributed by atoms with Gasteiger partial charge in [-0.05, 0) is 36.6 Å². The fourth-order valence-corrected chi connectivity index (χ4v) is 1.80. The molecule has 0 atom stereocenters. The number of fused-ring (bicyclic) bond motifs is 1. The van der Waals surface area contributed by atoms with Gasteiger partial charge in [-0.1, -0.05) is 0 Å². The second kappa shape index (κ2) is 3.59. The van der Waals surface area contributed by atoms with Crippen molar-refractivity contribution in [3.63, 3.8) is 0 Å². The van der Waals surface area contributed by atoms with Gasteiger partial charge in [-0.25, -0.2) is 0 Å². The lowest BCUT2D eigenvalue weighted by Crippen LogP contribution is -2.23. The van der Waals surface area contributed by atoms with E-state index < -0.39 is 0 Å². The van der Waals surface area contributed by atoms with Crippen LogP contribution in [0.5, 0.6) is 5.75 Å². The summed E-state index contributed by atoms with van der Waals surface area (Å²) in [6, 6.07) is 5.86. The molecule has 0 aliphatic carbocycles. The van der Waals surface area contributed by atoms with Gasteiger partial charge < -0.3 is 4.74 Å². The predicted octanol–water partition coefficient (Wildman–Crippen LogP) is 1.93. The zero-order valence-corrected chi connectivity index (χ0v) is 8.16. The second-order valence-electron chi connectivity index (χ2n) is 3.35. The number of anilines is 1. The van der Waals surface area contributed by atoms with Gasteiger partial charge >= 0.3 is 0 Å². The summed E-state index contributed by atoms with van der Waals surface area (Å²) in [4.78, 5) is 1.73. The molecule has 1 heterocycles. The Hall–Kier alpha value is -1.69. The normalized spacial score (nSPS) is 14.4. The number of hydrogen-bond donors (Lipinski definition) is 0. The Morgan fingerprint density at radius 1 is 1.50 bits per heavy atom. The molecule has 0 amide bonds. The second-order valence-corrected chi connectivity index (χ2v) is 3.35. The number of nitriles is 1. The van der Waals surface area contributed by atoms with E-state index in [-0.39, 0.29) is 0 Å². The quantitative estimate of drug-likeness (QED) is 0.632. The van der Waals surface area contributed by atoms with Crippen molar-refractivity contribution in [2.75, 3.05) is 18.6 Å². The van der Waals surface area contributed by atoms with Crippen molar-refractivity contribution >= 4 is 5.69 Å². The molecule has 72 valence electrons. The number of benzene rings is 1. The molecule has 0 N–H and O–H groups in total. The highest BCUT2D eigenvalue weighted by Crippen LogP contribution is 2.29. The van der Waals surface area contributed by atoms with Gasteiger partial charge in [0, 0.05) is 6.54 Å². The van der Waals surface area contributed by atoms with Crippen LogP contribution in [-0.2, 0) is 6.42 Å². The Morgan fingerprint density at radius 3 is 3.07 bits per heavy atom. The van der Waals surface area contributed by atoms with Crippen molar-refractivity contribution in [2.45, 2.75) is 12.8 Å². The van der Waals surface area contributed by atoms with Gasteiger partial charge in [0.25, 0.3) is 0 Å². The van der Waals surface area contributed by atoms with E-state index in [4.69, 9.17) is 10.00 Å². The van der Waals surface area contributed by atoms with Crippen molar-refractivity contribution < 1.29 is 4.74 Å². The molecule has 0 aromatic heterocycles. The Balaban J connectivity index is 2.42.